The zero-order valence-electron chi connectivity index (χ0n) is 16.1. The maximum Gasteiger partial charge on any atom is 0.109 e. The second-order valence-corrected chi connectivity index (χ2v) is 8.64. The van der Waals surface area contributed by atoms with Crippen LogP contribution in [0.4, 0.5) is 5.69 Å². The number of benzene rings is 1. The van der Waals surface area contributed by atoms with Gasteiger partial charge in [-0.25, -0.2) is 0 Å². The topological polar surface area (TPSA) is 6.48 Å². The van der Waals surface area contributed by atoms with Crippen molar-refractivity contribution in [2.24, 2.45) is 5.92 Å². The Morgan fingerprint density at radius 1 is 1.40 bits per heavy atom. The van der Waals surface area contributed by atoms with E-state index in [0.717, 1.165) is 13.1 Å². The lowest BCUT2D eigenvalue weighted by Gasteiger charge is -2.36. The number of allylic oxidation sites excluding steroid dienone is 1. The van der Waals surface area contributed by atoms with E-state index >= 15 is 0 Å². The van der Waals surface area contributed by atoms with Gasteiger partial charge in [0.1, 0.15) is 6.04 Å². The van der Waals surface area contributed by atoms with Crippen LogP contribution in [0.5, 0.6) is 0 Å². The molecule has 3 atom stereocenters. The SMILES string of the molecule is C=CC1C#CC(C)(/C=C\C)Sc2ccccc2N1CC(C)CN(C)C. The van der Waals surface area contributed by atoms with Crippen molar-refractivity contribution in [3.05, 3.63) is 49.1 Å². The van der Waals surface area contributed by atoms with Gasteiger partial charge in [-0.15, -0.1) is 6.58 Å². The van der Waals surface area contributed by atoms with E-state index in [1.54, 1.807) is 0 Å². The van der Waals surface area contributed by atoms with Gasteiger partial charge in [-0.3, -0.25) is 0 Å². The van der Waals surface area contributed by atoms with Crippen LogP contribution in [0.3, 0.4) is 0 Å². The molecular weight excluding hydrogens is 324 g/mol. The third-order valence-corrected chi connectivity index (χ3v) is 5.42. The zero-order valence-corrected chi connectivity index (χ0v) is 16.9. The highest BCUT2D eigenvalue weighted by atomic mass is 32.2. The summed E-state index contributed by atoms with van der Waals surface area (Å²) in [5, 5.41) is 0. The van der Waals surface area contributed by atoms with E-state index in [4.69, 9.17) is 0 Å². The van der Waals surface area contributed by atoms with Crippen LogP contribution in [0.25, 0.3) is 0 Å². The van der Waals surface area contributed by atoms with E-state index in [1.807, 2.05) is 17.8 Å². The molecule has 0 bridgehead atoms. The molecule has 0 saturated heterocycles. The summed E-state index contributed by atoms with van der Waals surface area (Å²) in [6.07, 6.45) is 6.25. The van der Waals surface area contributed by atoms with E-state index in [9.17, 15) is 0 Å². The Balaban J connectivity index is 2.46. The smallest absolute Gasteiger partial charge is 0.109 e. The Bertz CT molecular complexity index is 683. The largest absolute Gasteiger partial charge is 0.353 e. The molecule has 0 radical (unpaired) electrons. The summed E-state index contributed by atoms with van der Waals surface area (Å²) in [5.41, 5.74) is 1.26. The molecule has 1 aliphatic heterocycles. The minimum absolute atomic E-state index is 0.0243. The van der Waals surface area contributed by atoms with Crippen molar-refractivity contribution in [2.45, 2.75) is 36.5 Å². The normalized spacial score (nSPS) is 24.2. The quantitative estimate of drug-likeness (QED) is 0.540. The van der Waals surface area contributed by atoms with Crippen LogP contribution in [0, 0.1) is 17.8 Å². The van der Waals surface area contributed by atoms with Crippen molar-refractivity contribution < 1.29 is 0 Å². The summed E-state index contributed by atoms with van der Waals surface area (Å²) >= 11 is 1.83. The Morgan fingerprint density at radius 3 is 2.76 bits per heavy atom. The first-order valence-electron chi connectivity index (χ1n) is 8.87. The van der Waals surface area contributed by atoms with Gasteiger partial charge >= 0.3 is 0 Å². The van der Waals surface area contributed by atoms with Crippen molar-refractivity contribution in [3.8, 4) is 11.8 Å². The summed E-state index contributed by atoms with van der Waals surface area (Å²) in [6.45, 7) is 12.6. The molecule has 1 heterocycles. The molecule has 1 aromatic carbocycles. The number of anilines is 1. The second-order valence-electron chi connectivity index (χ2n) is 7.15. The standard InChI is InChI=1S/C22H30N2S/c1-7-14-22(4)15-13-19(8-2)24(17-18(3)16-23(5)6)20-11-9-10-12-21(20)25-22/h7-12,14,18-19H,2,16-17H2,1,3-6H3/b14-7-. The summed E-state index contributed by atoms with van der Waals surface area (Å²) in [6, 6.07) is 8.67. The number of fused-ring (bicyclic) bond motifs is 1. The van der Waals surface area contributed by atoms with E-state index in [1.165, 1.54) is 10.6 Å². The van der Waals surface area contributed by atoms with Crippen molar-refractivity contribution in [1.29, 1.82) is 0 Å². The number of hydrogen-bond acceptors (Lipinski definition) is 3. The Hall–Kier alpha value is -1.63. The van der Waals surface area contributed by atoms with Gasteiger partial charge in [0, 0.05) is 18.0 Å². The van der Waals surface area contributed by atoms with Gasteiger partial charge in [0.15, 0.2) is 0 Å². The third-order valence-electron chi connectivity index (χ3n) is 4.19. The molecule has 25 heavy (non-hydrogen) atoms. The monoisotopic (exact) mass is 354 g/mol. The summed E-state index contributed by atoms with van der Waals surface area (Å²) in [5.74, 6) is 7.50. The third kappa shape index (κ3) is 5.17. The van der Waals surface area contributed by atoms with Crippen molar-refractivity contribution in [2.75, 3.05) is 32.1 Å². The van der Waals surface area contributed by atoms with Crippen LogP contribution in [-0.4, -0.2) is 42.9 Å². The van der Waals surface area contributed by atoms with Gasteiger partial charge in [-0.1, -0.05) is 60.9 Å². The molecular formula is C22H30N2S. The van der Waals surface area contributed by atoms with E-state index in [2.05, 4.69) is 99.5 Å². The van der Waals surface area contributed by atoms with Crippen LogP contribution in [0.15, 0.2) is 54.0 Å². The predicted octanol–water partition coefficient (Wildman–Crippen LogP) is 4.69. The van der Waals surface area contributed by atoms with Gasteiger partial charge in [0.2, 0.25) is 0 Å². The lowest BCUT2D eigenvalue weighted by molar-refractivity contribution is 0.339. The highest BCUT2D eigenvalue weighted by Crippen LogP contribution is 2.41. The Morgan fingerprint density at radius 2 is 2.12 bits per heavy atom. The molecule has 1 aliphatic rings. The van der Waals surface area contributed by atoms with Crippen LogP contribution in [-0.2, 0) is 0 Å². The predicted molar refractivity (Wildman–Crippen MR) is 112 cm³/mol. The van der Waals surface area contributed by atoms with Crippen LogP contribution in [0.2, 0.25) is 0 Å². The average molecular weight is 355 g/mol. The fraction of sp³-hybridized carbons (Fsp3) is 0.455. The van der Waals surface area contributed by atoms with Crippen LogP contribution in [0.1, 0.15) is 20.8 Å². The van der Waals surface area contributed by atoms with Gasteiger partial charge in [0.25, 0.3) is 0 Å². The summed E-state index contributed by atoms with van der Waals surface area (Å²) in [7, 11) is 4.25. The molecule has 134 valence electrons. The molecule has 0 saturated carbocycles. The van der Waals surface area contributed by atoms with Crippen LogP contribution < -0.4 is 4.90 Å². The molecule has 0 fully saturated rings. The minimum atomic E-state index is -0.215. The molecule has 0 amide bonds. The van der Waals surface area contributed by atoms with E-state index < -0.39 is 0 Å². The molecule has 0 spiro atoms. The number of thioether (sulfide) groups is 1. The van der Waals surface area contributed by atoms with E-state index in [-0.39, 0.29) is 10.8 Å². The first-order valence-corrected chi connectivity index (χ1v) is 9.68. The zero-order chi connectivity index (χ0) is 18.4. The lowest BCUT2D eigenvalue weighted by Crippen LogP contribution is -2.40. The number of rotatable bonds is 6. The molecule has 0 N–H and O–H groups in total. The number of hydrogen-bond donors (Lipinski definition) is 0. The molecule has 1 aromatic rings. The molecule has 2 nitrogen and oxygen atoms in total. The van der Waals surface area contributed by atoms with Crippen molar-refractivity contribution in [1.82, 2.24) is 4.90 Å². The maximum atomic E-state index is 4.06. The molecule has 0 aromatic heterocycles. The van der Waals surface area contributed by atoms with Crippen LogP contribution >= 0.6 is 11.8 Å². The maximum absolute atomic E-state index is 4.06. The highest BCUT2D eigenvalue weighted by Gasteiger charge is 2.27. The van der Waals surface area contributed by atoms with Crippen molar-refractivity contribution >= 4 is 17.4 Å². The summed E-state index contributed by atoms with van der Waals surface area (Å²) in [4.78, 5) is 5.93. The first-order chi connectivity index (χ1) is 11.9. The van der Waals surface area contributed by atoms with Gasteiger partial charge in [-0.05, 0) is 46.0 Å². The van der Waals surface area contributed by atoms with Gasteiger partial charge in [0.05, 0.1) is 10.4 Å². The fourth-order valence-electron chi connectivity index (χ4n) is 3.29. The summed E-state index contributed by atoms with van der Waals surface area (Å²) < 4.78 is -0.215. The molecule has 0 aliphatic carbocycles. The van der Waals surface area contributed by atoms with Crippen molar-refractivity contribution in [3.63, 3.8) is 0 Å². The Kier molecular flexibility index (Phi) is 6.81. The first kappa shape index (κ1) is 19.7. The van der Waals surface area contributed by atoms with E-state index in [0.29, 0.717) is 5.92 Å². The number of para-hydroxylation sites is 1. The minimum Gasteiger partial charge on any atom is -0.353 e. The lowest BCUT2D eigenvalue weighted by atomic mass is 10.1. The van der Waals surface area contributed by atoms with Gasteiger partial charge < -0.3 is 9.80 Å². The highest BCUT2D eigenvalue weighted by molar-refractivity contribution is 8.01. The second kappa shape index (κ2) is 8.65. The molecule has 3 heteroatoms. The Labute approximate surface area is 158 Å². The van der Waals surface area contributed by atoms with Gasteiger partial charge in [-0.2, -0.15) is 0 Å². The molecule has 2 rings (SSSR count). The molecule has 3 unspecified atom stereocenters. The number of nitrogens with zero attached hydrogens (tertiary/aromatic N) is 2. The fourth-order valence-corrected chi connectivity index (χ4v) is 4.50. The average Bonchev–Trinajstić information content (AvgIpc) is 2.53.